The van der Waals surface area contributed by atoms with E-state index in [0.29, 0.717) is 0 Å². The van der Waals surface area contributed by atoms with Crippen molar-refractivity contribution >= 4 is 17.5 Å². The summed E-state index contributed by atoms with van der Waals surface area (Å²) in [6.07, 6.45) is -4.63. The molecule has 0 spiro atoms. The minimum Gasteiger partial charge on any atom is -0.354 e. The Morgan fingerprint density at radius 3 is 2.55 bits per heavy atom. The van der Waals surface area contributed by atoms with E-state index in [1.165, 1.54) is 18.2 Å². The third kappa shape index (κ3) is 3.40. The molecule has 22 heavy (non-hydrogen) atoms. The van der Waals surface area contributed by atoms with Gasteiger partial charge in [-0.2, -0.15) is 13.2 Å². The number of amides is 2. The summed E-state index contributed by atoms with van der Waals surface area (Å²) < 4.78 is 39.1. The summed E-state index contributed by atoms with van der Waals surface area (Å²) in [6.45, 7) is 3.53. The van der Waals surface area contributed by atoms with E-state index in [4.69, 9.17) is 0 Å². The average Bonchev–Trinajstić information content (AvgIpc) is 2.79. The Bertz CT molecular complexity index is 584. The van der Waals surface area contributed by atoms with Crippen LogP contribution in [0.4, 0.5) is 18.9 Å². The number of hydrogen-bond donors (Lipinski definition) is 1. The highest BCUT2D eigenvalue weighted by molar-refractivity contribution is 6.00. The summed E-state index contributed by atoms with van der Waals surface area (Å²) >= 11 is 0. The van der Waals surface area contributed by atoms with E-state index in [0.717, 1.165) is 11.0 Å². The molecule has 1 aromatic carbocycles. The number of hydrogen-bond acceptors (Lipinski definition) is 2. The highest BCUT2D eigenvalue weighted by Gasteiger charge is 2.40. The molecule has 0 bridgehead atoms. The smallest absolute Gasteiger partial charge is 0.354 e. The number of alkyl halides is 3. The van der Waals surface area contributed by atoms with Gasteiger partial charge in [-0.1, -0.05) is 12.1 Å². The lowest BCUT2D eigenvalue weighted by Gasteiger charge is -2.21. The van der Waals surface area contributed by atoms with Crippen molar-refractivity contribution < 1.29 is 22.8 Å². The highest BCUT2D eigenvalue weighted by Crippen LogP contribution is 2.38. The summed E-state index contributed by atoms with van der Waals surface area (Å²) in [4.78, 5) is 25.0. The predicted octanol–water partition coefficient (Wildman–Crippen LogP) is 2.58. The molecule has 1 aromatic rings. The quantitative estimate of drug-likeness (QED) is 0.932. The highest BCUT2D eigenvalue weighted by atomic mass is 19.4. The van der Waals surface area contributed by atoms with Crippen molar-refractivity contribution in [2.45, 2.75) is 32.5 Å². The van der Waals surface area contributed by atoms with E-state index in [-0.39, 0.29) is 30.6 Å². The fraction of sp³-hybridized carbons (Fsp3) is 0.467. The van der Waals surface area contributed by atoms with Crippen LogP contribution in [-0.4, -0.2) is 24.4 Å². The van der Waals surface area contributed by atoms with Crippen molar-refractivity contribution in [2.75, 3.05) is 11.4 Å². The molecule has 0 radical (unpaired) electrons. The SMILES string of the molecule is CC(C)NC(=O)C1CC(=O)N(c2ccccc2C(F)(F)F)C1. The van der Waals surface area contributed by atoms with Gasteiger partial charge >= 0.3 is 6.18 Å². The maximum Gasteiger partial charge on any atom is 0.418 e. The third-order valence-electron chi connectivity index (χ3n) is 3.43. The van der Waals surface area contributed by atoms with Gasteiger partial charge in [0.05, 0.1) is 17.2 Å². The second-order valence-electron chi connectivity index (χ2n) is 5.58. The Balaban J connectivity index is 2.25. The molecule has 1 atom stereocenters. The average molecular weight is 314 g/mol. The summed E-state index contributed by atoms with van der Waals surface area (Å²) in [5.41, 5.74) is -1.06. The zero-order valence-corrected chi connectivity index (χ0v) is 12.3. The molecule has 0 aliphatic carbocycles. The van der Waals surface area contributed by atoms with Gasteiger partial charge in [-0.3, -0.25) is 9.59 Å². The number of halogens is 3. The van der Waals surface area contributed by atoms with E-state index < -0.39 is 23.6 Å². The number of benzene rings is 1. The largest absolute Gasteiger partial charge is 0.418 e. The van der Waals surface area contributed by atoms with Gasteiger partial charge in [0.25, 0.3) is 0 Å². The lowest BCUT2D eigenvalue weighted by molar-refractivity contribution is -0.137. The van der Waals surface area contributed by atoms with Crippen molar-refractivity contribution in [2.24, 2.45) is 5.92 Å². The van der Waals surface area contributed by atoms with Crippen LogP contribution in [0.1, 0.15) is 25.8 Å². The standard InChI is InChI=1S/C15H17F3N2O2/c1-9(2)19-14(22)10-7-13(21)20(8-10)12-6-4-3-5-11(12)15(16,17)18/h3-6,9-10H,7-8H2,1-2H3,(H,19,22). The van der Waals surface area contributed by atoms with Gasteiger partial charge in [-0.15, -0.1) is 0 Å². The number of carbonyl (C=O) groups is 2. The molecule has 0 aromatic heterocycles. The first-order valence-electron chi connectivity index (χ1n) is 6.97. The molecule has 1 saturated heterocycles. The lowest BCUT2D eigenvalue weighted by Crippen LogP contribution is -2.37. The number of carbonyl (C=O) groups excluding carboxylic acids is 2. The fourth-order valence-corrected chi connectivity index (χ4v) is 2.47. The lowest BCUT2D eigenvalue weighted by atomic mass is 10.1. The molecule has 4 nitrogen and oxygen atoms in total. The monoisotopic (exact) mass is 314 g/mol. The molecule has 1 unspecified atom stereocenters. The maximum absolute atomic E-state index is 13.0. The Labute approximate surface area is 126 Å². The zero-order chi connectivity index (χ0) is 16.5. The van der Waals surface area contributed by atoms with E-state index in [2.05, 4.69) is 5.32 Å². The normalized spacial score (nSPS) is 18.9. The molecule has 1 aliphatic rings. The van der Waals surface area contributed by atoms with Gasteiger partial charge < -0.3 is 10.2 Å². The molecule has 120 valence electrons. The van der Waals surface area contributed by atoms with Crippen LogP contribution in [0.2, 0.25) is 0 Å². The summed E-state index contributed by atoms with van der Waals surface area (Å²) in [6, 6.07) is 4.82. The van der Waals surface area contributed by atoms with Gasteiger partial charge in [0.15, 0.2) is 0 Å². The second-order valence-corrected chi connectivity index (χ2v) is 5.58. The van der Waals surface area contributed by atoms with Crippen molar-refractivity contribution in [3.63, 3.8) is 0 Å². The van der Waals surface area contributed by atoms with Gasteiger partial charge in [0.2, 0.25) is 11.8 Å². The first kappa shape index (κ1) is 16.3. The Morgan fingerprint density at radius 1 is 1.32 bits per heavy atom. The van der Waals surface area contributed by atoms with E-state index in [1.807, 2.05) is 0 Å². The molecule has 2 rings (SSSR count). The molecule has 1 aliphatic heterocycles. The van der Waals surface area contributed by atoms with E-state index in [1.54, 1.807) is 13.8 Å². The number of rotatable bonds is 3. The first-order valence-corrected chi connectivity index (χ1v) is 6.97. The number of nitrogens with one attached hydrogen (secondary N) is 1. The Hall–Kier alpha value is -2.05. The number of anilines is 1. The molecular formula is C15H17F3N2O2. The Kier molecular flexibility index (Phi) is 4.44. The van der Waals surface area contributed by atoms with Gasteiger partial charge in [-0.25, -0.2) is 0 Å². The molecule has 0 saturated carbocycles. The van der Waals surface area contributed by atoms with Gasteiger partial charge in [0.1, 0.15) is 0 Å². The third-order valence-corrected chi connectivity index (χ3v) is 3.43. The van der Waals surface area contributed by atoms with Crippen LogP contribution in [0.3, 0.4) is 0 Å². The minimum absolute atomic E-state index is 0.0372. The first-order chi connectivity index (χ1) is 10.2. The van der Waals surface area contributed by atoms with Crippen LogP contribution >= 0.6 is 0 Å². The van der Waals surface area contributed by atoms with Crippen LogP contribution in [0.5, 0.6) is 0 Å². The predicted molar refractivity (Wildman–Crippen MR) is 75.2 cm³/mol. The fourth-order valence-electron chi connectivity index (χ4n) is 2.47. The van der Waals surface area contributed by atoms with Crippen LogP contribution in [0.25, 0.3) is 0 Å². The number of nitrogens with zero attached hydrogens (tertiary/aromatic N) is 1. The summed E-state index contributed by atoms with van der Waals surface area (Å²) in [5, 5.41) is 2.68. The summed E-state index contributed by atoms with van der Waals surface area (Å²) in [5.74, 6) is -1.41. The molecule has 7 heteroatoms. The van der Waals surface area contributed by atoms with Crippen molar-refractivity contribution in [3.05, 3.63) is 29.8 Å². The molecule has 2 amide bonds. The maximum atomic E-state index is 13.0. The Morgan fingerprint density at radius 2 is 1.95 bits per heavy atom. The zero-order valence-electron chi connectivity index (χ0n) is 12.3. The van der Waals surface area contributed by atoms with E-state index >= 15 is 0 Å². The van der Waals surface area contributed by atoms with Gasteiger partial charge in [0, 0.05) is 19.0 Å². The van der Waals surface area contributed by atoms with Crippen LogP contribution in [0.15, 0.2) is 24.3 Å². The minimum atomic E-state index is -4.55. The van der Waals surface area contributed by atoms with Crippen molar-refractivity contribution in [1.29, 1.82) is 0 Å². The van der Waals surface area contributed by atoms with Crippen molar-refractivity contribution in [1.82, 2.24) is 5.32 Å². The van der Waals surface area contributed by atoms with Crippen LogP contribution in [0, 0.1) is 5.92 Å². The molecule has 1 N–H and O–H groups in total. The topological polar surface area (TPSA) is 49.4 Å². The van der Waals surface area contributed by atoms with Gasteiger partial charge in [-0.05, 0) is 26.0 Å². The van der Waals surface area contributed by atoms with Crippen molar-refractivity contribution in [3.8, 4) is 0 Å². The second kappa shape index (κ2) is 5.98. The molecular weight excluding hydrogens is 297 g/mol. The molecule has 1 fully saturated rings. The van der Waals surface area contributed by atoms with Crippen LogP contribution < -0.4 is 10.2 Å². The molecule has 1 heterocycles. The van der Waals surface area contributed by atoms with Crippen LogP contribution in [-0.2, 0) is 15.8 Å². The van der Waals surface area contributed by atoms with E-state index in [9.17, 15) is 22.8 Å². The summed E-state index contributed by atoms with van der Waals surface area (Å²) in [7, 11) is 0. The number of para-hydroxylation sites is 1.